The Hall–Kier alpha value is -1.75. The van der Waals surface area contributed by atoms with Crippen LogP contribution in [-0.2, 0) is 17.8 Å². The van der Waals surface area contributed by atoms with E-state index in [0.717, 1.165) is 24.9 Å². The lowest BCUT2D eigenvalue weighted by Crippen LogP contribution is -2.50. The van der Waals surface area contributed by atoms with E-state index >= 15 is 0 Å². The Labute approximate surface area is 161 Å². The van der Waals surface area contributed by atoms with Crippen LogP contribution < -0.4 is 0 Å². The van der Waals surface area contributed by atoms with Crippen LogP contribution in [0.2, 0.25) is 0 Å². The minimum atomic E-state index is -0.829. The Bertz CT molecular complexity index is 721. The molecule has 0 aliphatic heterocycles. The highest BCUT2D eigenvalue weighted by atomic mass is 19.1. The van der Waals surface area contributed by atoms with Crippen molar-refractivity contribution in [3.05, 3.63) is 71.5 Å². The first-order valence-corrected chi connectivity index (χ1v) is 9.72. The van der Waals surface area contributed by atoms with Gasteiger partial charge in [-0.2, -0.15) is 0 Å². The summed E-state index contributed by atoms with van der Waals surface area (Å²) < 4.78 is 19.7. The van der Waals surface area contributed by atoms with Crippen LogP contribution in [0.4, 0.5) is 4.39 Å². The Morgan fingerprint density at radius 1 is 1.11 bits per heavy atom. The van der Waals surface area contributed by atoms with Crippen LogP contribution in [0.3, 0.4) is 0 Å². The maximum Gasteiger partial charge on any atom is 0.123 e. The molecule has 0 radical (unpaired) electrons. The van der Waals surface area contributed by atoms with Crippen molar-refractivity contribution in [2.24, 2.45) is 5.92 Å². The highest BCUT2D eigenvalue weighted by Crippen LogP contribution is 2.38. The molecule has 27 heavy (non-hydrogen) atoms. The van der Waals surface area contributed by atoms with Crippen molar-refractivity contribution in [2.75, 3.05) is 20.6 Å². The summed E-state index contributed by atoms with van der Waals surface area (Å²) in [6.07, 6.45) is 2.93. The van der Waals surface area contributed by atoms with Crippen molar-refractivity contribution < 1.29 is 14.2 Å². The van der Waals surface area contributed by atoms with E-state index in [1.165, 1.54) is 17.7 Å². The van der Waals surface area contributed by atoms with Crippen LogP contribution in [-0.4, -0.2) is 42.4 Å². The Morgan fingerprint density at radius 3 is 2.56 bits per heavy atom. The Kier molecular flexibility index (Phi) is 6.64. The van der Waals surface area contributed by atoms with Gasteiger partial charge in [0.25, 0.3) is 0 Å². The Balaban J connectivity index is 1.66. The van der Waals surface area contributed by atoms with Gasteiger partial charge in [0.05, 0.1) is 18.3 Å². The molecule has 3 nitrogen and oxygen atoms in total. The fraction of sp³-hybridized carbons (Fsp3) is 0.478. The number of hydrogen-bond donors (Lipinski definition) is 1. The van der Waals surface area contributed by atoms with Gasteiger partial charge in [-0.15, -0.1) is 0 Å². The van der Waals surface area contributed by atoms with Crippen LogP contribution >= 0.6 is 0 Å². The molecule has 0 heterocycles. The fourth-order valence-corrected chi connectivity index (χ4v) is 4.13. The summed E-state index contributed by atoms with van der Waals surface area (Å²) >= 11 is 0. The molecule has 0 amide bonds. The molecule has 1 N–H and O–H groups in total. The number of ether oxygens (including phenoxy) is 1. The van der Waals surface area contributed by atoms with Crippen LogP contribution in [0, 0.1) is 11.7 Å². The molecule has 1 aliphatic rings. The minimum absolute atomic E-state index is 0.0882. The van der Waals surface area contributed by atoms with Gasteiger partial charge < -0.3 is 14.7 Å². The molecule has 146 valence electrons. The van der Waals surface area contributed by atoms with Crippen LogP contribution in [0.1, 0.15) is 30.4 Å². The quantitative estimate of drug-likeness (QED) is 0.797. The van der Waals surface area contributed by atoms with Crippen molar-refractivity contribution in [2.45, 2.75) is 44.0 Å². The summed E-state index contributed by atoms with van der Waals surface area (Å²) in [7, 11) is 4.05. The lowest BCUT2D eigenvalue weighted by molar-refractivity contribution is -0.105. The molecule has 1 saturated carbocycles. The van der Waals surface area contributed by atoms with Gasteiger partial charge in [-0.3, -0.25) is 0 Å². The zero-order chi connectivity index (χ0) is 19.3. The third-order valence-corrected chi connectivity index (χ3v) is 5.52. The van der Waals surface area contributed by atoms with Crippen molar-refractivity contribution in [1.29, 1.82) is 0 Å². The average molecular weight is 371 g/mol. The van der Waals surface area contributed by atoms with Gasteiger partial charge in [0.2, 0.25) is 0 Å². The van der Waals surface area contributed by atoms with E-state index in [9.17, 15) is 9.50 Å². The standard InChI is InChI=1S/C23H30FNO2/c1-25(2)16-20-14-22(27-17-18-7-4-3-5-8-18)11-12-23(20,26)15-19-9-6-10-21(24)13-19/h3-10,13,20,22,26H,11-12,14-17H2,1-2H3. The van der Waals surface area contributed by atoms with Gasteiger partial charge in [-0.1, -0.05) is 42.5 Å². The predicted molar refractivity (Wildman–Crippen MR) is 106 cm³/mol. The number of nitrogens with zero attached hydrogens (tertiary/aromatic N) is 1. The fourth-order valence-electron chi connectivity index (χ4n) is 4.13. The van der Waals surface area contributed by atoms with Crippen molar-refractivity contribution in [3.63, 3.8) is 0 Å². The molecule has 0 bridgehead atoms. The smallest absolute Gasteiger partial charge is 0.123 e. The molecule has 4 heteroatoms. The molecular weight excluding hydrogens is 341 g/mol. The van der Waals surface area contributed by atoms with Gasteiger partial charge in [0, 0.05) is 18.9 Å². The number of rotatable bonds is 7. The number of halogens is 1. The van der Waals surface area contributed by atoms with E-state index in [-0.39, 0.29) is 17.8 Å². The van der Waals surface area contributed by atoms with Crippen molar-refractivity contribution in [1.82, 2.24) is 4.90 Å². The van der Waals surface area contributed by atoms with Crippen LogP contribution in [0.15, 0.2) is 54.6 Å². The summed E-state index contributed by atoms with van der Waals surface area (Å²) in [5.41, 5.74) is 1.19. The molecule has 1 aliphatic carbocycles. The van der Waals surface area contributed by atoms with Crippen LogP contribution in [0.25, 0.3) is 0 Å². The topological polar surface area (TPSA) is 32.7 Å². The molecule has 1 fully saturated rings. The first-order chi connectivity index (χ1) is 12.9. The molecule has 3 unspecified atom stereocenters. The third-order valence-electron chi connectivity index (χ3n) is 5.52. The molecule has 0 aromatic heterocycles. The second kappa shape index (κ2) is 8.96. The Morgan fingerprint density at radius 2 is 1.85 bits per heavy atom. The van der Waals surface area contributed by atoms with Crippen molar-refractivity contribution >= 4 is 0 Å². The first-order valence-electron chi connectivity index (χ1n) is 9.72. The van der Waals surface area contributed by atoms with E-state index in [1.807, 2.05) is 38.4 Å². The number of aliphatic hydroxyl groups is 1. The van der Waals surface area contributed by atoms with Crippen molar-refractivity contribution in [3.8, 4) is 0 Å². The first kappa shape index (κ1) is 20.0. The largest absolute Gasteiger partial charge is 0.389 e. The zero-order valence-electron chi connectivity index (χ0n) is 16.3. The molecule has 3 rings (SSSR count). The summed E-state index contributed by atoms with van der Waals surface area (Å²) in [5, 5.41) is 11.4. The second-order valence-corrected chi connectivity index (χ2v) is 8.06. The summed E-state index contributed by atoms with van der Waals surface area (Å²) in [6.45, 7) is 1.39. The van der Waals surface area contributed by atoms with Gasteiger partial charge >= 0.3 is 0 Å². The maximum atomic E-state index is 13.6. The average Bonchev–Trinajstić information content (AvgIpc) is 2.63. The van der Waals surface area contributed by atoms with Gasteiger partial charge in [0.15, 0.2) is 0 Å². The molecule has 0 saturated heterocycles. The van der Waals surface area contributed by atoms with E-state index in [2.05, 4.69) is 17.0 Å². The lowest BCUT2D eigenvalue weighted by Gasteiger charge is -2.44. The van der Waals surface area contributed by atoms with Gasteiger partial charge in [0.1, 0.15) is 5.82 Å². The van der Waals surface area contributed by atoms with Gasteiger partial charge in [-0.05, 0) is 56.6 Å². The molecule has 3 atom stereocenters. The van der Waals surface area contributed by atoms with E-state index in [0.29, 0.717) is 19.4 Å². The molecular formula is C23H30FNO2. The van der Waals surface area contributed by atoms with E-state index < -0.39 is 5.60 Å². The predicted octanol–water partition coefficient (Wildman–Crippen LogP) is 4.05. The highest BCUT2D eigenvalue weighted by molar-refractivity contribution is 5.19. The zero-order valence-corrected chi connectivity index (χ0v) is 16.3. The van der Waals surface area contributed by atoms with E-state index in [4.69, 9.17) is 4.74 Å². The summed E-state index contributed by atoms with van der Waals surface area (Å²) in [4.78, 5) is 2.11. The number of benzene rings is 2. The highest BCUT2D eigenvalue weighted by Gasteiger charge is 2.42. The molecule has 2 aromatic rings. The lowest BCUT2D eigenvalue weighted by atomic mass is 9.71. The monoisotopic (exact) mass is 371 g/mol. The van der Waals surface area contributed by atoms with E-state index in [1.54, 1.807) is 6.07 Å². The third kappa shape index (κ3) is 5.61. The molecule has 0 spiro atoms. The van der Waals surface area contributed by atoms with Gasteiger partial charge in [-0.25, -0.2) is 4.39 Å². The normalized spacial score (nSPS) is 25.7. The summed E-state index contributed by atoms with van der Waals surface area (Å²) in [6, 6.07) is 16.8. The summed E-state index contributed by atoms with van der Waals surface area (Å²) in [5.74, 6) is -0.162. The minimum Gasteiger partial charge on any atom is -0.389 e. The van der Waals surface area contributed by atoms with Crippen LogP contribution in [0.5, 0.6) is 0 Å². The number of hydrogen-bond acceptors (Lipinski definition) is 3. The second-order valence-electron chi connectivity index (χ2n) is 8.06. The maximum absolute atomic E-state index is 13.6. The molecule has 2 aromatic carbocycles. The SMILES string of the molecule is CN(C)CC1CC(OCc2ccccc2)CCC1(O)Cc1cccc(F)c1.